The van der Waals surface area contributed by atoms with Crippen molar-refractivity contribution in [3.05, 3.63) is 41.0 Å². The van der Waals surface area contributed by atoms with Gasteiger partial charge in [0.05, 0.1) is 11.3 Å². The van der Waals surface area contributed by atoms with Crippen LogP contribution in [0.15, 0.2) is 30.5 Å². The van der Waals surface area contributed by atoms with E-state index in [0.29, 0.717) is 22.2 Å². The summed E-state index contributed by atoms with van der Waals surface area (Å²) < 4.78 is 5.99. The van der Waals surface area contributed by atoms with Crippen LogP contribution in [-0.2, 0) is 5.60 Å². The summed E-state index contributed by atoms with van der Waals surface area (Å²) in [6.07, 6.45) is 4.20. The van der Waals surface area contributed by atoms with E-state index in [1.165, 1.54) is 12.8 Å². The molecule has 1 aliphatic carbocycles. The zero-order valence-corrected chi connectivity index (χ0v) is 15.9. The molecule has 2 N–H and O–H groups in total. The normalized spacial score (nSPS) is 16.8. The predicted molar refractivity (Wildman–Crippen MR) is 103 cm³/mol. The van der Waals surface area contributed by atoms with Crippen molar-refractivity contribution in [3.63, 3.8) is 0 Å². The Hall–Kier alpha value is -2.02. The number of pyridine rings is 1. The molecule has 1 aromatic heterocycles. The molecule has 0 bridgehead atoms. The largest absolute Gasteiger partial charge is 0.437 e. The molecule has 0 atom stereocenters. The first-order valence-corrected chi connectivity index (χ1v) is 9.18. The minimum absolute atomic E-state index is 0.352. The van der Waals surface area contributed by atoms with Crippen LogP contribution < -0.4 is 20.3 Å². The van der Waals surface area contributed by atoms with Gasteiger partial charge in [0.25, 0.3) is 0 Å². The van der Waals surface area contributed by atoms with Gasteiger partial charge in [-0.3, -0.25) is 10.0 Å². The highest BCUT2D eigenvalue weighted by molar-refractivity contribution is 6.35. The highest BCUT2D eigenvalue weighted by Crippen LogP contribution is 2.46. The summed E-state index contributed by atoms with van der Waals surface area (Å²) >= 11 is 6.66. The van der Waals surface area contributed by atoms with E-state index >= 15 is 0 Å². The zero-order chi connectivity index (χ0) is 18.5. The van der Waals surface area contributed by atoms with Crippen LogP contribution in [0.3, 0.4) is 0 Å². The summed E-state index contributed by atoms with van der Waals surface area (Å²) in [5.74, 6) is 1.61. The Kier molecular flexibility index (Phi) is 4.22. The van der Waals surface area contributed by atoms with Gasteiger partial charge in [0.15, 0.2) is 0 Å². The molecule has 6 nitrogen and oxygen atoms in total. The van der Waals surface area contributed by atoms with E-state index in [2.05, 4.69) is 15.5 Å². The van der Waals surface area contributed by atoms with E-state index in [4.69, 9.17) is 16.3 Å². The van der Waals surface area contributed by atoms with Gasteiger partial charge in [-0.2, -0.15) is 0 Å². The number of fused-ring (bicyclic) bond motifs is 1. The number of hydrazine groups is 2. The third kappa shape index (κ3) is 3.20. The average molecular weight is 375 g/mol. The van der Waals surface area contributed by atoms with Gasteiger partial charge >= 0.3 is 0 Å². The number of anilines is 2. The Labute approximate surface area is 158 Å². The molecule has 138 valence electrons. The van der Waals surface area contributed by atoms with Crippen molar-refractivity contribution in [1.82, 2.24) is 10.5 Å². The molecular weight excluding hydrogens is 352 g/mol. The first-order valence-electron chi connectivity index (χ1n) is 8.80. The fourth-order valence-corrected chi connectivity index (χ4v) is 3.50. The molecule has 1 fully saturated rings. The monoisotopic (exact) mass is 374 g/mol. The van der Waals surface area contributed by atoms with Gasteiger partial charge in [-0.25, -0.2) is 4.98 Å². The number of rotatable bonds is 5. The molecule has 1 aromatic carbocycles. The van der Waals surface area contributed by atoms with Crippen molar-refractivity contribution in [2.45, 2.75) is 32.3 Å². The summed E-state index contributed by atoms with van der Waals surface area (Å²) in [6, 6.07) is 7.43. The van der Waals surface area contributed by atoms with Crippen molar-refractivity contribution in [2.75, 3.05) is 23.6 Å². The van der Waals surface area contributed by atoms with E-state index in [9.17, 15) is 5.11 Å². The third-order valence-electron chi connectivity index (χ3n) is 4.73. The van der Waals surface area contributed by atoms with E-state index < -0.39 is 5.60 Å². The topological polar surface area (TPSA) is 60.9 Å². The molecule has 0 saturated heterocycles. The number of ether oxygens (including phenoxy) is 1. The van der Waals surface area contributed by atoms with Gasteiger partial charge in [-0.05, 0) is 56.9 Å². The molecule has 0 radical (unpaired) electrons. The van der Waals surface area contributed by atoms with Crippen molar-refractivity contribution >= 4 is 23.0 Å². The fourth-order valence-electron chi connectivity index (χ4n) is 3.18. The van der Waals surface area contributed by atoms with Crippen molar-refractivity contribution in [2.24, 2.45) is 5.92 Å². The smallest absolute Gasteiger partial charge is 0.225 e. The molecule has 0 amide bonds. The molecule has 2 aromatic rings. The van der Waals surface area contributed by atoms with Gasteiger partial charge in [-0.15, -0.1) is 5.53 Å². The van der Waals surface area contributed by atoms with Crippen molar-refractivity contribution < 1.29 is 9.84 Å². The number of nitrogens with zero attached hydrogens (tertiary/aromatic N) is 3. The molecule has 4 rings (SSSR count). The maximum Gasteiger partial charge on any atom is 0.225 e. The second kappa shape index (κ2) is 6.30. The van der Waals surface area contributed by atoms with Crippen LogP contribution in [0.1, 0.15) is 32.3 Å². The number of benzene rings is 1. The van der Waals surface area contributed by atoms with Crippen molar-refractivity contribution in [3.8, 4) is 11.6 Å². The first kappa shape index (κ1) is 17.4. The molecule has 0 spiro atoms. The maximum absolute atomic E-state index is 10.4. The minimum atomic E-state index is -1.06. The maximum atomic E-state index is 10.4. The molecule has 2 aliphatic rings. The summed E-state index contributed by atoms with van der Waals surface area (Å²) in [6.45, 7) is 4.38. The third-order valence-corrected chi connectivity index (χ3v) is 5.10. The van der Waals surface area contributed by atoms with Gasteiger partial charge in [-0.1, -0.05) is 11.6 Å². The van der Waals surface area contributed by atoms with Crippen LogP contribution >= 0.6 is 11.6 Å². The number of aliphatic hydroxyl groups is 1. The van der Waals surface area contributed by atoms with E-state index in [0.717, 1.165) is 23.8 Å². The Morgan fingerprint density at radius 2 is 2.12 bits per heavy atom. The lowest BCUT2D eigenvalue weighted by atomic mass is 10.00. The van der Waals surface area contributed by atoms with Crippen LogP contribution in [0.4, 0.5) is 11.4 Å². The summed E-state index contributed by atoms with van der Waals surface area (Å²) in [5, 5.41) is 14.9. The molecule has 26 heavy (non-hydrogen) atoms. The second-order valence-corrected chi connectivity index (χ2v) is 7.85. The Bertz CT molecular complexity index is 833. The van der Waals surface area contributed by atoms with Crippen LogP contribution in [-0.4, -0.2) is 23.7 Å². The lowest BCUT2D eigenvalue weighted by molar-refractivity contribution is 0.0756. The van der Waals surface area contributed by atoms with Crippen molar-refractivity contribution in [1.29, 1.82) is 0 Å². The Morgan fingerprint density at radius 1 is 1.35 bits per heavy atom. The quantitative estimate of drug-likeness (QED) is 0.829. The predicted octanol–water partition coefficient (Wildman–Crippen LogP) is 3.84. The number of hydrogen-bond donors (Lipinski definition) is 2. The van der Waals surface area contributed by atoms with Gasteiger partial charge in [0.2, 0.25) is 5.88 Å². The summed E-state index contributed by atoms with van der Waals surface area (Å²) in [5.41, 5.74) is 4.80. The SMILES string of the molecule is CN1NN(CC2CC2)c2ccc(Oc3ncccc3C(C)(C)O)c(Cl)c21. The molecule has 0 unspecified atom stereocenters. The lowest BCUT2D eigenvalue weighted by Gasteiger charge is -2.21. The number of halogens is 1. The standard InChI is InChI=1S/C19H23ClN4O2/c1-19(2,25)13-5-4-10-21-18(13)26-15-9-8-14-17(16(15)20)23(3)22-24(14)11-12-6-7-12/h4-5,8-10,12,22,25H,6-7,11H2,1-3H3. The van der Waals surface area contributed by atoms with Gasteiger partial charge in [0, 0.05) is 25.4 Å². The zero-order valence-electron chi connectivity index (χ0n) is 15.2. The Morgan fingerprint density at radius 3 is 2.81 bits per heavy atom. The summed E-state index contributed by atoms with van der Waals surface area (Å²) in [7, 11) is 1.93. The number of nitrogens with one attached hydrogen (secondary N) is 1. The summed E-state index contributed by atoms with van der Waals surface area (Å²) in [4.78, 5) is 4.28. The van der Waals surface area contributed by atoms with Crippen LogP contribution in [0.5, 0.6) is 11.6 Å². The lowest BCUT2D eigenvalue weighted by Crippen LogP contribution is -2.43. The molecule has 2 heterocycles. The van der Waals surface area contributed by atoms with Gasteiger partial charge < -0.3 is 9.84 Å². The van der Waals surface area contributed by atoms with Gasteiger partial charge in [0.1, 0.15) is 16.5 Å². The van der Waals surface area contributed by atoms with Crippen LogP contribution in [0, 0.1) is 5.92 Å². The fraction of sp³-hybridized carbons (Fsp3) is 0.421. The highest BCUT2D eigenvalue weighted by Gasteiger charge is 2.32. The van der Waals surface area contributed by atoms with E-state index in [1.807, 2.05) is 24.2 Å². The molecule has 1 saturated carbocycles. The first-order chi connectivity index (χ1) is 12.3. The van der Waals surface area contributed by atoms with Crippen LogP contribution in [0.25, 0.3) is 0 Å². The molecule has 1 aliphatic heterocycles. The second-order valence-electron chi connectivity index (χ2n) is 7.48. The highest BCUT2D eigenvalue weighted by atomic mass is 35.5. The molecular formula is C19H23ClN4O2. The van der Waals surface area contributed by atoms with E-state index in [1.54, 1.807) is 32.2 Å². The molecule has 7 heteroatoms. The number of aromatic nitrogens is 1. The van der Waals surface area contributed by atoms with E-state index in [-0.39, 0.29) is 0 Å². The Balaban J connectivity index is 1.67. The van der Waals surface area contributed by atoms with Crippen LogP contribution in [0.2, 0.25) is 5.02 Å². The average Bonchev–Trinajstić information content (AvgIpc) is 3.33. The minimum Gasteiger partial charge on any atom is -0.437 e. The number of hydrogen-bond acceptors (Lipinski definition) is 6.